The van der Waals surface area contributed by atoms with E-state index in [0.29, 0.717) is 11.5 Å². The van der Waals surface area contributed by atoms with Crippen molar-refractivity contribution >= 4 is 27.7 Å². The molecule has 2 aromatic carbocycles. The van der Waals surface area contributed by atoms with Crippen molar-refractivity contribution in [3.05, 3.63) is 66.0 Å². The largest absolute Gasteiger partial charge is 0.309 e. The van der Waals surface area contributed by atoms with Crippen LogP contribution in [-0.2, 0) is 10.0 Å². The first-order valence-electron chi connectivity index (χ1n) is 9.53. The lowest BCUT2D eigenvalue weighted by Crippen LogP contribution is -2.38. The number of aliphatic imine (C=N–C) groups is 1. The predicted octanol–water partition coefficient (Wildman–Crippen LogP) is 2.86. The van der Waals surface area contributed by atoms with Gasteiger partial charge >= 0.3 is 0 Å². The maximum Gasteiger partial charge on any atom is 0.257 e. The summed E-state index contributed by atoms with van der Waals surface area (Å²) in [6.07, 6.45) is 0. The van der Waals surface area contributed by atoms with Gasteiger partial charge in [-0.15, -0.1) is 0 Å². The lowest BCUT2D eigenvalue weighted by Gasteiger charge is -2.17. The monoisotopic (exact) mass is 458 g/mol. The number of hydrogen-bond donors (Lipinski definition) is 4. The number of guanidine groups is 1. The van der Waals surface area contributed by atoms with Crippen molar-refractivity contribution in [2.45, 2.75) is 31.2 Å². The van der Waals surface area contributed by atoms with Gasteiger partial charge in [0.2, 0.25) is 16.0 Å². The summed E-state index contributed by atoms with van der Waals surface area (Å²) in [4.78, 5) is 17.1. The number of amides is 1. The maximum atomic E-state index is 13.1. The highest BCUT2D eigenvalue weighted by Crippen LogP contribution is 2.20. The van der Waals surface area contributed by atoms with Gasteiger partial charge in [-0.3, -0.25) is 15.2 Å². The van der Waals surface area contributed by atoms with Crippen LogP contribution in [0.5, 0.6) is 0 Å². The fourth-order valence-corrected chi connectivity index (χ4v) is 3.20. The molecule has 32 heavy (non-hydrogen) atoms. The minimum atomic E-state index is -3.86. The van der Waals surface area contributed by atoms with Gasteiger partial charge in [-0.2, -0.15) is 5.10 Å². The summed E-state index contributed by atoms with van der Waals surface area (Å²) in [5.74, 6) is -0.311. The van der Waals surface area contributed by atoms with Crippen LogP contribution in [0.2, 0.25) is 0 Å². The zero-order valence-electron chi connectivity index (χ0n) is 17.7. The standard InChI is InChI=1S/C21H23FN6O3S/c1-21(2,3)26-20(25-19(29)14-6-10-16(11-7-14)32(23,30)31)24-18-12-17(27-28-18)13-4-8-15(22)9-5-13/h4-12H,1-3H3,(H2,23,30,31)(H3,24,25,26,27,28,29). The van der Waals surface area contributed by atoms with E-state index in [1.807, 2.05) is 20.8 Å². The molecule has 11 heteroatoms. The zero-order valence-corrected chi connectivity index (χ0v) is 18.5. The number of rotatable bonds is 4. The SMILES string of the molecule is CC(C)(C)N=C(NC(=O)c1ccc(S(N)(=O)=O)cc1)Nc1cc(-c2ccc(F)cc2)[nH]n1. The van der Waals surface area contributed by atoms with Gasteiger partial charge in [0.15, 0.2) is 5.82 Å². The van der Waals surface area contributed by atoms with E-state index < -0.39 is 21.5 Å². The molecule has 0 spiro atoms. The molecule has 0 aliphatic carbocycles. The van der Waals surface area contributed by atoms with Gasteiger partial charge in [0.05, 0.1) is 16.1 Å². The van der Waals surface area contributed by atoms with Crippen molar-refractivity contribution < 1.29 is 17.6 Å². The van der Waals surface area contributed by atoms with Crippen LogP contribution in [0.25, 0.3) is 11.3 Å². The van der Waals surface area contributed by atoms with E-state index in [2.05, 4.69) is 25.8 Å². The number of nitrogens with zero attached hydrogens (tertiary/aromatic N) is 2. The second-order valence-electron chi connectivity index (χ2n) is 7.95. The molecule has 0 aliphatic rings. The van der Waals surface area contributed by atoms with Crippen LogP contribution in [-0.4, -0.2) is 36.0 Å². The average molecular weight is 459 g/mol. The highest BCUT2D eigenvalue weighted by Gasteiger charge is 2.16. The number of carbonyl (C=O) groups excluding carboxylic acids is 1. The number of hydrogen-bond acceptors (Lipinski definition) is 5. The second-order valence-corrected chi connectivity index (χ2v) is 9.51. The topological polar surface area (TPSA) is 142 Å². The van der Waals surface area contributed by atoms with Crippen molar-refractivity contribution in [1.82, 2.24) is 15.5 Å². The third kappa shape index (κ3) is 6.22. The van der Waals surface area contributed by atoms with Crippen LogP contribution >= 0.6 is 0 Å². The summed E-state index contributed by atoms with van der Waals surface area (Å²) in [5, 5.41) is 17.7. The second kappa shape index (κ2) is 8.89. The van der Waals surface area contributed by atoms with Crippen molar-refractivity contribution in [3.8, 4) is 11.3 Å². The Hall–Kier alpha value is -3.57. The highest BCUT2D eigenvalue weighted by molar-refractivity contribution is 7.89. The van der Waals surface area contributed by atoms with E-state index >= 15 is 0 Å². The Morgan fingerprint density at radius 3 is 2.28 bits per heavy atom. The number of sulfonamides is 1. The number of carbonyl (C=O) groups is 1. The molecule has 5 N–H and O–H groups in total. The lowest BCUT2D eigenvalue weighted by atomic mass is 10.1. The molecule has 3 aromatic rings. The van der Waals surface area contributed by atoms with Gasteiger partial charge < -0.3 is 5.32 Å². The molecule has 1 aromatic heterocycles. The van der Waals surface area contributed by atoms with E-state index in [1.54, 1.807) is 18.2 Å². The molecular formula is C21H23FN6O3S. The fourth-order valence-electron chi connectivity index (χ4n) is 2.68. The number of primary sulfonamides is 1. The Morgan fingerprint density at radius 2 is 1.72 bits per heavy atom. The first-order valence-corrected chi connectivity index (χ1v) is 11.1. The Kier molecular flexibility index (Phi) is 6.42. The third-order valence-electron chi connectivity index (χ3n) is 4.10. The summed E-state index contributed by atoms with van der Waals surface area (Å²) < 4.78 is 35.9. The molecule has 168 valence electrons. The first kappa shape index (κ1) is 23.1. The number of anilines is 1. The molecule has 9 nitrogen and oxygen atoms in total. The fraction of sp³-hybridized carbons (Fsp3) is 0.190. The average Bonchev–Trinajstić information content (AvgIpc) is 3.15. The Morgan fingerprint density at radius 1 is 1.09 bits per heavy atom. The summed E-state index contributed by atoms with van der Waals surface area (Å²) in [5.41, 5.74) is 1.08. The Balaban J connectivity index is 1.80. The molecule has 3 rings (SSSR count). The molecule has 0 atom stereocenters. The van der Waals surface area contributed by atoms with Crippen molar-refractivity contribution in [3.63, 3.8) is 0 Å². The van der Waals surface area contributed by atoms with Crippen LogP contribution in [0.15, 0.2) is 64.5 Å². The van der Waals surface area contributed by atoms with Gasteiger partial charge in [-0.1, -0.05) is 0 Å². The van der Waals surface area contributed by atoms with E-state index in [9.17, 15) is 17.6 Å². The normalized spacial score (nSPS) is 12.5. The molecule has 0 bridgehead atoms. The van der Waals surface area contributed by atoms with Crippen LogP contribution in [0.4, 0.5) is 10.2 Å². The van der Waals surface area contributed by atoms with E-state index in [-0.39, 0.29) is 22.2 Å². The van der Waals surface area contributed by atoms with Crippen molar-refractivity contribution in [2.75, 3.05) is 5.32 Å². The van der Waals surface area contributed by atoms with Gasteiger partial charge in [-0.25, -0.2) is 22.9 Å². The minimum absolute atomic E-state index is 0.0967. The molecule has 0 radical (unpaired) electrons. The van der Waals surface area contributed by atoms with E-state index in [0.717, 1.165) is 5.56 Å². The van der Waals surface area contributed by atoms with Crippen LogP contribution in [0.1, 0.15) is 31.1 Å². The van der Waals surface area contributed by atoms with Crippen molar-refractivity contribution in [1.29, 1.82) is 0 Å². The van der Waals surface area contributed by atoms with Crippen LogP contribution < -0.4 is 15.8 Å². The quantitative estimate of drug-likeness (QED) is 0.351. The lowest BCUT2D eigenvalue weighted by molar-refractivity contribution is 0.0976. The Bertz CT molecular complexity index is 1240. The van der Waals surface area contributed by atoms with E-state index in [4.69, 9.17) is 5.14 Å². The summed E-state index contributed by atoms with van der Waals surface area (Å²) in [6, 6.07) is 12.8. The molecule has 0 unspecified atom stereocenters. The smallest absolute Gasteiger partial charge is 0.257 e. The molecule has 1 amide bonds. The first-order chi connectivity index (χ1) is 14.9. The Labute approximate surface area is 185 Å². The number of halogens is 1. The molecule has 0 fully saturated rings. The van der Waals surface area contributed by atoms with Gasteiger partial charge in [0.1, 0.15) is 5.82 Å². The predicted molar refractivity (Wildman–Crippen MR) is 120 cm³/mol. The van der Waals surface area contributed by atoms with Gasteiger partial charge in [0, 0.05) is 11.6 Å². The number of aromatic nitrogens is 2. The maximum absolute atomic E-state index is 13.1. The number of nitrogens with one attached hydrogen (secondary N) is 3. The summed E-state index contributed by atoms with van der Waals surface area (Å²) in [6.45, 7) is 5.57. The minimum Gasteiger partial charge on any atom is -0.309 e. The highest BCUT2D eigenvalue weighted by atomic mass is 32.2. The third-order valence-corrected chi connectivity index (χ3v) is 5.03. The number of aromatic amines is 1. The van der Waals surface area contributed by atoms with Gasteiger partial charge in [-0.05, 0) is 74.9 Å². The number of benzene rings is 2. The number of nitrogens with two attached hydrogens (primary N) is 1. The van der Waals surface area contributed by atoms with E-state index in [1.165, 1.54) is 36.4 Å². The molecule has 0 saturated carbocycles. The summed E-state index contributed by atoms with van der Waals surface area (Å²) >= 11 is 0. The van der Waals surface area contributed by atoms with Crippen molar-refractivity contribution in [2.24, 2.45) is 10.1 Å². The zero-order chi connectivity index (χ0) is 23.5. The molecular weight excluding hydrogens is 435 g/mol. The van der Waals surface area contributed by atoms with Crippen LogP contribution in [0.3, 0.4) is 0 Å². The van der Waals surface area contributed by atoms with Crippen LogP contribution in [0, 0.1) is 5.82 Å². The molecule has 0 saturated heterocycles. The molecule has 1 heterocycles. The summed E-state index contributed by atoms with van der Waals surface area (Å²) in [7, 11) is -3.86. The molecule has 0 aliphatic heterocycles. The number of H-pyrrole nitrogens is 1. The van der Waals surface area contributed by atoms with Gasteiger partial charge in [0.25, 0.3) is 5.91 Å².